The molecule has 166 valence electrons. The average molecular weight is 451 g/mol. The molecule has 32 heavy (non-hydrogen) atoms. The maximum absolute atomic E-state index is 12.4. The molecule has 0 saturated heterocycles. The first-order valence-electron chi connectivity index (χ1n) is 10.9. The van der Waals surface area contributed by atoms with Gasteiger partial charge in [0.05, 0.1) is 0 Å². The van der Waals surface area contributed by atoms with Crippen LogP contribution in [0.5, 0.6) is 17.2 Å². The zero-order chi connectivity index (χ0) is 21.8. The Morgan fingerprint density at radius 3 is 2.91 bits per heavy atom. The van der Waals surface area contributed by atoms with Gasteiger partial charge in [0, 0.05) is 43.7 Å². The monoisotopic (exact) mass is 450 g/mol. The van der Waals surface area contributed by atoms with E-state index >= 15 is 0 Å². The maximum atomic E-state index is 12.4. The van der Waals surface area contributed by atoms with E-state index in [0.717, 1.165) is 42.4 Å². The van der Waals surface area contributed by atoms with E-state index in [1.807, 2.05) is 36.4 Å². The van der Waals surface area contributed by atoms with Crippen LogP contribution in [0.1, 0.15) is 29.2 Å². The number of fused-ring (bicyclic) bond motifs is 2. The number of thiophene rings is 1. The maximum Gasteiger partial charge on any atom is 0.231 e. The lowest BCUT2D eigenvalue weighted by molar-refractivity contribution is -0.121. The minimum Gasteiger partial charge on any atom is -0.484 e. The van der Waals surface area contributed by atoms with Crippen molar-refractivity contribution < 1.29 is 19.0 Å². The van der Waals surface area contributed by atoms with Gasteiger partial charge in [-0.25, -0.2) is 0 Å². The molecule has 1 N–H and O–H groups in total. The number of carbonyl (C=O) groups is 1. The third-order valence-electron chi connectivity index (χ3n) is 5.80. The molecule has 2 aliphatic heterocycles. The number of nitrogens with zero attached hydrogens (tertiary/aromatic N) is 1. The molecule has 1 aromatic heterocycles. The van der Waals surface area contributed by atoms with E-state index in [4.69, 9.17) is 14.2 Å². The predicted molar refractivity (Wildman–Crippen MR) is 123 cm³/mol. The van der Waals surface area contributed by atoms with Gasteiger partial charge in [-0.05, 0) is 47.0 Å². The van der Waals surface area contributed by atoms with Gasteiger partial charge in [-0.1, -0.05) is 24.3 Å². The first-order chi connectivity index (χ1) is 15.7. The standard InChI is InChI=1S/C25H26N2O4S/c28-25(8-6-18-5-7-22-23(13-18)30-17-29-22)26-10-11-27-14-19-3-1-2-4-21(19)31-24(15-27)20-9-12-32-16-20/h1-5,7,9,12-13,16,24H,6,8,10-11,14-15,17H2,(H,26,28)/t24-/m1/s1. The number of carbonyl (C=O) groups excluding carboxylic acids is 1. The molecule has 0 saturated carbocycles. The van der Waals surface area contributed by atoms with Crippen molar-refractivity contribution in [2.24, 2.45) is 0 Å². The Labute approximate surface area is 191 Å². The number of nitrogens with one attached hydrogen (secondary N) is 1. The molecule has 3 heterocycles. The van der Waals surface area contributed by atoms with Crippen LogP contribution in [0, 0.1) is 0 Å². The van der Waals surface area contributed by atoms with Crippen LogP contribution in [0.3, 0.4) is 0 Å². The number of para-hydroxylation sites is 1. The van der Waals surface area contributed by atoms with Gasteiger partial charge in [0.2, 0.25) is 12.7 Å². The van der Waals surface area contributed by atoms with Crippen LogP contribution in [0.15, 0.2) is 59.3 Å². The number of benzene rings is 2. The van der Waals surface area contributed by atoms with Gasteiger partial charge in [-0.3, -0.25) is 9.69 Å². The largest absolute Gasteiger partial charge is 0.484 e. The molecular weight excluding hydrogens is 424 g/mol. The number of hydrogen-bond acceptors (Lipinski definition) is 6. The number of aryl methyl sites for hydroxylation is 1. The molecule has 0 fully saturated rings. The summed E-state index contributed by atoms with van der Waals surface area (Å²) in [7, 11) is 0. The number of ether oxygens (including phenoxy) is 3. The molecule has 0 radical (unpaired) electrons. The summed E-state index contributed by atoms with van der Waals surface area (Å²) in [5, 5.41) is 7.30. The van der Waals surface area contributed by atoms with E-state index in [-0.39, 0.29) is 18.8 Å². The molecule has 7 heteroatoms. The normalized spacial score (nSPS) is 17.3. The van der Waals surface area contributed by atoms with Crippen molar-refractivity contribution in [2.45, 2.75) is 25.5 Å². The minimum absolute atomic E-state index is 0.00777. The van der Waals surface area contributed by atoms with Gasteiger partial charge in [0.25, 0.3) is 0 Å². The second-order valence-electron chi connectivity index (χ2n) is 8.04. The highest BCUT2D eigenvalue weighted by Gasteiger charge is 2.24. The number of rotatable bonds is 7. The predicted octanol–water partition coefficient (Wildman–Crippen LogP) is 4.16. The molecular formula is C25H26N2O4S. The van der Waals surface area contributed by atoms with E-state index < -0.39 is 0 Å². The van der Waals surface area contributed by atoms with Crippen LogP contribution in [0.2, 0.25) is 0 Å². The summed E-state index contributed by atoms with van der Waals surface area (Å²) in [6, 6.07) is 16.2. The summed E-state index contributed by atoms with van der Waals surface area (Å²) in [6.45, 7) is 3.24. The molecule has 0 spiro atoms. The number of hydrogen-bond donors (Lipinski definition) is 1. The highest BCUT2D eigenvalue weighted by Crippen LogP contribution is 2.33. The first-order valence-corrected chi connectivity index (χ1v) is 11.8. The smallest absolute Gasteiger partial charge is 0.231 e. The fourth-order valence-electron chi connectivity index (χ4n) is 4.08. The molecule has 1 atom stereocenters. The van der Waals surface area contributed by atoms with Gasteiger partial charge in [0.1, 0.15) is 11.9 Å². The van der Waals surface area contributed by atoms with Gasteiger partial charge in [0.15, 0.2) is 11.5 Å². The SMILES string of the molecule is O=C(CCc1ccc2c(c1)OCO2)NCCN1Cc2ccccc2O[C@@H](c2ccsc2)C1. The molecule has 6 nitrogen and oxygen atoms in total. The first kappa shape index (κ1) is 20.8. The topological polar surface area (TPSA) is 60.0 Å². The van der Waals surface area contributed by atoms with Gasteiger partial charge < -0.3 is 19.5 Å². The fourth-order valence-corrected chi connectivity index (χ4v) is 4.78. The third kappa shape index (κ3) is 4.89. The third-order valence-corrected chi connectivity index (χ3v) is 6.50. The van der Waals surface area contributed by atoms with E-state index in [9.17, 15) is 4.79 Å². The van der Waals surface area contributed by atoms with Crippen molar-refractivity contribution >= 4 is 17.2 Å². The van der Waals surface area contributed by atoms with Crippen molar-refractivity contribution in [2.75, 3.05) is 26.4 Å². The van der Waals surface area contributed by atoms with Crippen LogP contribution >= 0.6 is 11.3 Å². The minimum atomic E-state index is -0.00777. The molecule has 5 rings (SSSR count). The van der Waals surface area contributed by atoms with Crippen molar-refractivity contribution in [3.63, 3.8) is 0 Å². The second-order valence-corrected chi connectivity index (χ2v) is 8.82. The van der Waals surface area contributed by atoms with E-state index in [1.54, 1.807) is 11.3 Å². The number of amides is 1. The molecule has 2 aliphatic rings. The highest BCUT2D eigenvalue weighted by atomic mass is 32.1. The molecule has 2 aromatic carbocycles. The van der Waals surface area contributed by atoms with Crippen LogP contribution in [0.25, 0.3) is 0 Å². The Morgan fingerprint density at radius 2 is 2.00 bits per heavy atom. The average Bonchev–Trinajstić information content (AvgIpc) is 3.47. The Hall–Kier alpha value is -3.03. The summed E-state index contributed by atoms with van der Waals surface area (Å²) in [5.41, 5.74) is 3.45. The van der Waals surface area contributed by atoms with Crippen molar-refractivity contribution in [1.82, 2.24) is 10.2 Å². The van der Waals surface area contributed by atoms with Crippen molar-refractivity contribution in [3.8, 4) is 17.2 Å². The van der Waals surface area contributed by atoms with E-state index in [2.05, 4.69) is 33.1 Å². The summed E-state index contributed by atoms with van der Waals surface area (Å²) < 4.78 is 17.1. The molecule has 0 bridgehead atoms. The van der Waals surface area contributed by atoms with Gasteiger partial charge >= 0.3 is 0 Å². The van der Waals surface area contributed by atoms with Crippen LogP contribution in [0.4, 0.5) is 0 Å². The zero-order valence-corrected chi connectivity index (χ0v) is 18.6. The van der Waals surface area contributed by atoms with E-state index in [1.165, 1.54) is 11.1 Å². The highest BCUT2D eigenvalue weighted by molar-refractivity contribution is 7.07. The second kappa shape index (κ2) is 9.63. The van der Waals surface area contributed by atoms with Gasteiger partial charge in [-0.2, -0.15) is 11.3 Å². The summed E-state index contributed by atoms with van der Waals surface area (Å²) >= 11 is 1.68. The van der Waals surface area contributed by atoms with Crippen molar-refractivity contribution in [1.29, 1.82) is 0 Å². The van der Waals surface area contributed by atoms with Crippen molar-refractivity contribution in [3.05, 3.63) is 76.0 Å². The van der Waals surface area contributed by atoms with Gasteiger partial charge in [-0.15, -0.1) is 0 Å². The van der Waals surface area contributed by atoms with Crippen LogP contribution in [-0.2, 0) is 17.8 Å². The fraction of sp³-hybridized carbons (Fsp3) is 0.320. The van der Waals surface area contributed by atoms with E-state index in [0.29, 0.717) is 19.4 Å². The lowest BCUT2D eigenvalue weighted by Gasteiger charge is -2.23. The summed E-state index contributed by atoms with van der Waals surface area (Å²) in [4.78, 5) is 14.8. The quantitative estimate of drug-likeness (QED) is 0.586. The zero-order valence-electron chi connectivity index (χ0n) is 17.8. The Morgan fingerprint density at radius 1 is 1.09 bits per heavy atom. The summed E-state index contributed by atoms with van der Waals surface area (Å²) in [5.74, 6) is 2.52. The Kier molecular flexibility index (Phi) is 6.27. The molecule has 0 unspecified atom stereocenters. The summed E-state index contributed by atoms with van der Waals surface area (Å²) in [6.07, 6.45) is 1.11. The molecule has 3 aromatic rings. The van der Waals surface area contributed by atoms with Crippen LogP contribution in [-0.4, -0.2) is 37.2 Å². The lowest BCUT2D eigenvalue weighted by atomic mass is 10.1. The van der Waals surface area contributed by atoms with Crippen LogP contribution < -0.4 is 19.5 Å². The molecule has 0 aliphatic carbocycles. The molecule has 1 amide bonds. The Bertz CT molecular complexity index is 1070. The Balaban J connectivity index is 1.14. The lowest BCUT2D eigenvalue weighted by Crippen LogP contribution is -2.36.